The van der Waals surface area contributed by atoms with E-state index < -0.39 is 38.5 Å². The van der Waals surface area contributed by atoms with Crippen LogP contribution in [0.4, 0.5) is 5.82 Å². The van der Waals surface area contributed by atoms with E-state index in [2.05, 4.69) is 4.98 Å². The molecule has 1 aromatic heterocycles. The van der Waals surface area contributed by atoms with Crippen LogP contribution in [-0.2, 0) is 9.16 Å². The molecule has 124 valence electrons. The SMILES string of the molecule is CC[Si](C)(C)OC1C(CO)OC(n2ccc(N)nc2=O)C1O. The number of nitrogen functional groups attached to an aromatic ring is 1. The van der Waals surface area contributed by atoms with Crippen LogP contribution in [0.1, 0.15) is 13.2 Å². The lowest BCUT2D eigenvalue weighted by molar-refractivity contribution is -0.0545. The average molecular weight is 329 g/mol. The zero-order valence-corrected chi connectivity index (χ0v) is 14.0. The van der Waals surface area contributed by atoms with Gasteiger partial charge in [-0.05, 0) is 25.2 Å². The first-order chi connectivity index (χ1) is 10.3. The van der Waals surface area contributed by atoms with Crippen LogP contribution in [0.5, 0.6) is 0 Å². The summed E-state index contributed by atoms with van der Waals surface area (Å²) in [6.45, 7) is 5.77. The fourth-order valence-corrected chi connectivity index (χ4v) is 3.51. The van der Waals surface area contributed by atoms with E-state index in [1.807, 2.05) is 20.0 Å². The van der Waals surface area contributed by atoms with E-state index in [0.29, 0.717) is 0 Å². The zero-order chi connectivity index (χ0) is 16.5. The third-order valence-electron chi connectivity index (χ3n) is 3.92. The average Bonchev–Trinajstić information content (AvgIpc) is 2.76. The molecule has 0 radical (unpaired) electrons. The van der Waals surface area contributed by atoms with Gasteiger partial charge in [0.25, 0.3) is 0 Å². The number of aliphatic hydroxyl groups is 2. The summed E-state index contributed by atoms with van der Waals surface area (Å²) < 4.78 is 12.8. The van der Waals surface area contributed by atoms with E-state index in [9.17, 15) is 15.0 Å². The maximum absolute atomic E-state index is 11.9. The summed E-state index contributed by atoms with van der Waals surface area (Å²) >= 11 is 0. The minimum Gasteiger partial charge on any atom is -0.409 e. The molecule has 4 atom stereocenters. The second kappa shape index (κ2) is 6.47. The normalized spacial score (nSPS) is 29.0. The smallest absolute Gasteiger partial charge is 0.351 e. The van der Waals surface area contributed by atoms with Gasteiger partial charge >= 0.3 is 5.69 Å². The Balaban J connectivity index is 2.27. The Labute approximate surface area is 129 Å². The predicted molar refractivity (Wildman–Crippen MR) is 82.7 cm³/mol. The number of rotatable bonds is 5. The van der Waals surface area contributed by atoms with Gasteiger partial charge in [0, 0.05) is 6.20 Å². The highest BCUT2D eigenvalue weighted by Crippen LogP contribution is 2.32. The topological polar surface area (TPSA) is 120 Å². The molecular formula is C13H23N3O5Si. The van der Waals surface area contributed by atoms with Crippen LogP contribution in [0.25, 0.3) is 0 Å². The minimum absolute atomic E-state index is 0.0970. The molecule has 22 heavy (non-hydrogen) atoms. The summed E-state index contributed by atoms with van der Waals surface area (Å²) in [6.07, 6.45) is -1.98. The number of ether oxygens (including phenoxy) is 1. The van der Waals surface area contributed by atoms with Gasteiger partial charge in [0.05, 0.1) is 6.61 Å². The van der Waals surface area contributed by atoms with Crippen molar-refractivity contribution < 1.29 is 19.4 Å². The van der Waals surface area contributed by atoms with Crippen molar-refractivity contribution in [2.45, 2.75) is 50.6 Å². The molecule has 4 unspecified atom stereocenters. The molecule has 1 fully saturated rings. The summed E-state index contributed by atoms with van der Waals surface area (Å²) in [4.78, 5) is 15.5. The van der Waals surface area contributed by atoms with Crippen LogP contribution in [-0.4, -0.2) is 53.0 Å². The van der Waals surface area contributed by atoms with Crippen molar-refractivity contribution in [3.05, 3.63) is 22.7 Å². The first-order valence-corrected chi connectivity index (χ1v) is 10.4. The number of nitrogens with zero attached hydrogens (tertiary/aromatic N) is 2. The molecule has 0 bridgehead atoms. The Hall–Kier alpha value is -1.26. The van der Waals surface area contributed by atoms with Crippen molar-refractivity contribution in [1.82, 2.24) is 9.55 Å². The van der Waals surface area contributed by atoms with Crippen molar-refractivity contribution in [2.24, 2.45) is 0 Å². The molecule has 0 aromatic carbocycles. The molecule has 0 spiro atoms. The fourth-order valence-electron chi connectivity index (χ4n) is 2.31. The predicted octanol–water partition coefficient (Wildman–Crippen LogP) is -0.314. The molecule has 1 saturated heterocycles. The number of aromatic nitrogens is 2. The molecular weight excluding hydrogens is 306 g/mol. The first-order valence-electron chi connectivity index (χ1n) is 7.26. The Morgan fingerprint density at radius 1 is 1.55 bits per heavy atom. The molecule has 1 aliphatic heterocycles. The second-order valence-electron chi connectivity index (χ2n) is 5.98. The van der Waals surface area contributed by atoms with Crippen molar-refractivity contribution in [2.75, 3.05) is 12.3 Å². The molecule has 1 aliphatic rings. The molecule has 2 heterocycles. The maximum Gasteiger partial charge on any atom is 0.351 e. The summed E-state index contributed by atoms with van der Waals surface area (Å²) in [6, 6.07) is 2.31. The number of anilines is 1. The van der Waals surface area contributed by atoms with Gasteiger partial charge in [-0.1, -0.05) is 6.92 Å². The highest BCUT2D eigenvalue weighted by Gasteiger charge is 2.47. The van der Waals surface area contributed by atoms with E-state index in [4.69, 9.17) is 14.9 Å². The van der Waals surface area contributed by atoms with Gasteiger partial charge in [-0.2, -0.15) is 4.98 Å². The highest BCUT2D eigenvalue weighted by atomic mass is 28.4. The molecule has 2 rings (SSSR count). The lowest BCUT2D eigenvalue weighted by atomic mass is 10.1. The van der Waals surface area contributed by atoms with Crippen LogP contribution < -0.4 is 11.4 Å². The quantitative estimate of drug-likeness (QED) is 0.634. The Kier molecular flexibility index (Phi) is 5.02. The van der Waals surface area contributed by atoms with Crippen LogP contribution in [0, 0.1) is 0 Å². The van der Waals surface area contributed by atoms with E-state index in [0.717, 1.165) is 10.6 Å². The first kappa shape index (κ1) is 17.1. The van der Waals surface area contributed by atoms with Gasteiger partial charge in [-0.25, -0.2) is 4.79 Å². The Morgan fingerprint density at radius 3 is 2.77 bits per heavy atom. The lowest BCUT2D eigenvalue weighted by Crippen LogP contribution is -2.45. The maximum atomic E-state index is 11.9. The highest BCUT2D eigenvalue weighted by molar-refractivity contribution is 6.71. The standard InChI is InChI=1S/C13H23N3O5Si/c1-4-22(2,3)21-11-8(7-17)20-12(10(11)18)16-6-5-9(14)15-13(16)19/h5-6,8,10-12,17-18H,4,7H2,1-3H3,(H2,14,15,19). The number of nitrogens with two attached hydrogens (primary N) is 1. The second-order valence-corrected chi connectivity index (χ2v) is 10.4. The summed E-state index contributed by atoms with van der Waals surface area (Å²) in [5, 5.41) is 20.0. The van der Waals surface area contributed by atoms with Crippen molar-refractivity contribution in [1.29, 1.82) is 0 Å². The third kappa shape index (κ3) is 3.38. The number of hydrogen-bond acceptors (Lipinski definition) is 7. The molecule has 0 saturated carbocycles. The van der Waals surface area contributed by atoms with E-state index >= 15 is 0 Å². The summed E-state index contributed by atoms with van der Waals surface area (Å²) in [5.41, 5.74) is 4.84. The zero-order valence-electron chi connectivity index (χ0n) is 13.0. The van der Waals surface area contributed by atoms with Gasteiger partial charge in [0.2, 0.25) is 0 Å². The van der Waals surface area contributed by atoms with Gasteiger partial charge < -0.3 is 25.1 Å². The van der Waals surface area contributed by atoms with Crippen LogP contribution in [0.2, 0.25) is 19.1 Å². The molecule has 8 nitrogen and oxygen atoms in total. The van der Waals surface area contributed by atoms with Gasteiger partial charge in [-0.15, -0.1) is 0 Å². The fraction of sp³-hybridized carbons (Fsp3) is 0.692. The molecule has 1 aromatic rings. The minimum atomic E-state index is -1.97. The molecule has 0 amide bonds. The van der Waals surface area contributed by atoms with E-state index in [-0.39, 0.29) is 12.4 Å². The van der Waals surface area contributed by atoms with Crippen molar-refractivity contribution in [3.8, 4) is 0 Å². The van der Waals surface area contributed by atoms with Crippen molar-refractivity contribution >= 4 is 14.1 Å². The van der Waals surface area contributed by atoms with Crippen molar-refractivity contribution in [3.63, 3.8) is 0 Å². The molecule has 0 aliphatic carbocycles. The van der Waals surface area contributed by atoms with Crippen LogP contribution in [0.15, 0.2) is 17.1 Å². The van der Waals surface area contributed by atoms with Gasteiger partial charge in [0.1, 0.15) is 24.1 Å². The lowest BCUT2D eigenvalue weighted by Gasteiger charge is -2.29. The van der Waals surface area contributed by atoms with E-state index in [1.165, 1.54) is 12.3 Å². The number of hydrogen-bond donors (Lipinski definition) is 3. The summed E-state index contributed by atoms with van der Waals surface area (Å²) in [7, 11) is -1.97. The largest absolute Gasteiger partial charge is 0.409 e. The summed E-state index contributed by atoms with van der Waals surface area (Å²) in [5.74, 6) is 0.0970. The molecule has 4 N–H and O–H groups in total. The third-order valence-corrected chi connectivity index (χ3v) is 6.53. The number of aliphatic hydroxyl groups excluding tert-OH is 2. The van der Waals surface area contributed by atoms with Gasteiger partial charge in [0.15, 0.2) is 14.5 Å². The Bertz CT molecular complexity index is 579. The van der Waals surface area contributed by atoms with Crippen LogP contribution in [0.3, 0.4) is 0 Å². The Morgan fingerprint density at radius 2 is 2.23 bits per heavy atom. The van der Waals surface area contributed by atoms with E-state index in [1.54, 1.807) is 0 Å². The monoisotopic (exact) mass is 329 g/mol. The molecule has 9 heteroatoms. The van der Waals surface area contributed by atoms with Crippen LogP contribution >= 0.6 is 0 Å². The van der Waals surface area contributed by atoms with Gasteiger partial charge in [-0.3, -0.25) is 4.57 Å².